The first kappa shape index (κ1) is 10.8. The lowest BCUT2D eigenvalue weighted by Gasteiger charge is -2.10. The van der Waals surface area contributed by atoms with Crippen LogP contribution >= 0.6 is 0 Å². The summed E-state index contributed by atoms with van der Waals surface area (Å²) in [6.07, 6.45) is 0. The first-order chi connectivity index (χ1) is 8.75. The molecule has 0 spiro atoms. The van der Waals surface area contributed by atoms with Crippen molar-refractivity contribution in [3.8, 4) is 0 Å². The van der Waals surface area contributed by atoms with Gasteiger partial charge in [-0.15, -0.1) is 0 Å². The number of hydrogen-bond donors (Lipinski definition) is 1. The second kappa shape index (κ2) is 4.14. The molecule has 1 heterocycles. The van der Waals surface area contributed by atoms with Gasteiger partial charge in [0.25, 0.3) is 5.69 Å². The number of nitro benzene ring substituents is 1. The van der Waals surface area contributed by atoms with E-state index in [1.165, 1.54) is 5.56 Å². The lowest BCUT2D eigenvalue weighted by atomic mass is 9.93. The summed E-state index contributed by atoms with van der Waals surface area (Å²) in [4.78, 5) is 10.5. The van der Waals surface area contributed by atoms with Gasteiger partial charge in [-0.1, -0.05) is 30.3 Å². The van der Waals surface area contributed by atoms with E-state index >= 15 is 0 Å². The predicted octanol–water partition coefficient (Wildman–Crippen LogP) is 3.15. The van der Waals surface area contributed by atoms with Gasteiger partial charge < -0.3 is 5.32 Å². The maximum absolute atomic E-state index is 10.8. The van der Waals surface area contributed by atoms with Gasteiger partial charge >= 0.3 is 0 Å². The number of rotatable bonds is 2. The van der Waals surface area contributed by atoms with Crippen LogP contribution in [-0.2, 0) is 0 Å². The Balaban J connectivity index is 2.05. The topological polar surface area (TPSA) is 55.2 Å². The molecule has 0 saturated heterocycles. The first-order valence-electron chi connectivity index (χ1n) is 5.83. The minimum absolute atomic E-state index is 0.151. The fourth-order valence-electron chi connectivity index (χ4n) is 2.42. The van der Waals surface area contributed by atoms with Crippen LogP contribution < -0.4 is 5.32 Å². The summed E-state index contributed by atoms with van der Waals surface area (Å²) >= 11 is 0. The summed E-state index contributed by atoms with van der Waals surface area (Å²) in [6.45, 7) is 0.792. The normalized spacial score (nSPS) is 17.0. The molecule has 1 aliphatic heterocycles. The SMILES string of the molecule is O=[N+]([O-])c1ccc2c(c1)C(c1ccccc1)CN2. The van der Waals surface area contributed by atoms with Crippen LogP contribution in [0, 0.1) is 10.1 Å². The highest BCUT2D eigenvalue weighted by Gasteiger charge is 2.25. The molecular weight excluding hydrogens is 228 g/mol. The number of benzene rings is 2. The van der Waals surface area contributed by atoms with Crippen molar-refractivity contribution >= 4 is 11.4 Å². The van der Waals surface area contributed by atoms with Gasteiger partial charge in [-0.25, -0.2) is 0 Å². The number of hydrogen-bond acceptors (Lipinski definition) is 3. The van der Waals surface area contributed by atoms with E-state index in [0.717, 1.165) is 17.8 Å². The minimum Gasteiger partial charge on any atom is -0.384 e. The maximum Gasteiger partial charge on any atom is 0.269 e. The van der Waals surface area contributed by atoms with Crippen molar-refractivity contribution in [1.82, 2.24) is 0 Å². The van der Waals surface area contributed by atoms with Crippen molar-refractivity contribution in [2.75, 3.05) is 11.9 Å². The Bertz CT molecular complexity index is 596. The molecule has 0 fully saturated rings. The molecule has 90 valence electrons. The van der Waals surface area contributed by atoms with Crippen LogP contribution in [0.15, 0.2) is 48.5 Å². The smallest absolute Gasteiger partial charge is 0.269 e. The van der Waals surface area contributed by atoms with Crippen LogP contribution in [0.25, 0.3) is 0 Å². The molecule has 4 nitrogen and oxygen atoms in total. The highest BCUT2D eigenvalue weighted by Crippen LogP contribution is 2.37. The zero-order chi connectivity index (χ0) is 12.5. The summed E-state index contributed by atoms with van der Waals surface area (Å²) in [5.74, 6) is 0.195. The lowest BCUT2D eigenvalue weighted by molar-refractivity contribution is -0.384. The molecule has 4 heteroatoms. The number of nitrogens with one attached hydrogen (secondary N) is 1. The standard InChI is InChI=1S/C14H12N2O2/c17-16(18)11-6-7-14-12(8-11)13(9-15-14)10-4-2-1-3-5-10/h1-8,13,15H,9H2. The summed E-state index contributed by atoms with van der Waals surface area (Å²) < 4.78 is 0. The van der Waals surface area contributed by atoms with Crippen molar-refractivity contribution in [2.45, 2.75) is 5.92 Å². The number of nitro groups is 1. The molecule has 1 unspecified atom stereocenters. The fourth-order valence-corrected chi connectivity index (χ4v) is 2.42. The summed E-state index contributed by atoms with van der Waals surface area (Å²) in [5.41, 5.74) is 3.34. The monoisotopic (exact) mass is 240 g/mol. The maximum atomic E-state index is 10.8. The van der Waals surface area contributed by atoms with Crippen molar-refractivity contribution in [3.05, 3.63) is 69.8 Å². The zero-order valence-corrected chi connectivity index (χ0v) is 9.67. The molecule has 1 N–H and O–H groups in total. The molecule has 0 aromatic heterocycles. The van der Waals surface area contributed by atoms with Crippen LogP contribution in [-0.4, -0.2) is 11.5 Å². The molecule has 3 rings (SSSR count). The molecule has 0 bridgehead atoms. The Hall–Kier alpha value is -2.36. The van der Waals surface area contributed by atoms with Gasteiger partial charge in [-0.2, -0.15) is 0 Å². The minimum atomic E-state index is -0.347. The summed E-state index contributed by atoms with van der Waals surface area (Å²) in [6, 6.07) is 15.1. The second-order valence-corrected chi connectivity index (χ2v) is 4.37. The lowest BCUT2D eigenvalue weighted by Crippen LogP contribution is -2.03. The molecule has 0 amide bonds. The quantitative estimate of drug-likeness (QED) is 0.648. The molecule has 0 saturated carbocycles. The van der Waals surface area contributed by atoms with Gasteiger partial charge in [0.2, 0.25) is 0 Å². The van der Waals surface area contributed by atoms with Gasteiger partial charge in [0.15, 0.2) is 0 Å². The Morgan fingerprint density at radius 3 is 2.67 bits per heavy atom. The van der Waals surface area contributed by atoms with E-state index in [4.69, 9.17) is 0 Å². The van der Waals surface area contributed by atoms with Crippen LogP contribution in [0.2, 0.25) is 0 Å². The highest BCUT2D eigenvalue weighted by atomic mass is 16.6. The molecule has 0 aliphatic carbocycles. The van der Waals surface area contributed by atoms with Crippen molar-refractivity contribution in [3.63, 3.8) is 0 Å². The van der Waals surface area contributed by atoms with Crippen molar-refractivity contribution < 1.29 is 4.92 Å². The zero-order valence-electron chi connectivity index (χ0n) is 9.67. The van der Waals surface area contributed by atoms with E-state index in [1.54, 1.807) is 18.2 Å². The third-order valence-corrected chi connectivity index (χ3v) is 3.32. The van der Waals surface area contributed by atoms with E-state index in [1.807, 2.05) is 18.2 Å². The van der Waals surface area contributed by atoms with Crippen LogP contribution in [0.4, 0.5) is 11.4 Å². The average Bonchev–Trinajstić information content (AvgIpc) is 2.82. The number of nitrogens with zero attached hydrogens (tertiary/aromatic N) is 1. The van der Waals surface area contributed by atoms with Gasteiger partial charge in [0.1, 0.15) is 0 Å². The van der Waals surface area contributed by atoms with Gasteiger partial charge in [0, 0.05) is 30.3 Å². The highest BCUT2D eigenvalue weighted by molar-refractivity contribution is 5.63. The van der Waals surface area contributed by atoms with E-state index in [2.05, 4.69) is 17.4 Å². The van der Waals surface area contributed by atoms with E-state index in [-0.39, 0.29) is 16.5 Å². The number of fused-ring (bicyclic) bond motifs is 1. The Labute approximate surface area is 104 Å². The van der Waals surface area contributed by atoms with Gasteiger partial charge in [0.05, 0.1) is 4.92 Å². The van der Waals surface area contributed by atoms with Crippen LogP contribution in [0.3, 0.4) is 0 Å². The van der Waals surface area contributed by atoms with E-state index in [9.17, 15) is 10.1 Å². The second-order valence-electron chi connectivity index (χ2n) is 4.37. The first-order valence-corrected chi connectivity index (χ1v) is 5.83. The van der Waals surface area contributed by atoms with Gasteiger partial charge in [-0.3, -0.25) is 10.1 Å². The van der Waals surface area contributed by atoms with Crippen molar-refractivity contribution in [1.29, 1.82) is 0 Å². The average molecular weight is 240 g/mol. The summed E-state index contributed by atoms with van der Waals surface area (Å²) in [5, 5.41) is 14.1. The van der Waals surface area contributed by atoms with E-state index < -0.39 is 0 Å². The molecule has 2 aromatic rings. The largest absolute Gasteiger partial charge is 0.384 e. The molecule has 1 atom stereocenters. The predicted molar refractivity (Wildman–Crippen MR) is 69.9 cm³/mol. The van der Waals surface area contributed by atoms with Crippen LogP contribution in [0.5, 0.6) is 0 Å². The molecule has 18 heavy (non-hydrogen) atoms. The molecule has 0 radical (unpaired) electrons. The third kappa shape index (κ3) is 1.72. The van der Waals surface area contributed by atoms with Crippen LogP contribution in [0.1, 0.15) is 17.0 Å². The third-order valence-electron chi connectivity index (χ3n) is 3.32. The van der Waals surface area contributed by atoms with Crippen molar-refractivity contribution in [2.24, 2.45) is 0 Å². The Morgan fingerprint density at radius 2 is 1.94 bits per heavy atom. The summed E-state index contributed by atoms with van der Waals surface area (Å²) in [7, 11) is 0. The fraction of sp³-hybridized carbons (Fsp3) is 0.143. The number of non-ortho nitro benzene ring substituents is 1. The van der Waals surface area contributed by atoms with E-state index in [0.29, 0.717) is 0 Å². The molecular formula is C14H12N2O2. The Morgan fingerprint density at radius 1 is 1.17 bits per heavy atom. The molecule has 1 aliphatic rings. The van der Waals surface area contributed by atoms with Gasteiger partial charge in [-0.05, 0) is 17.2 Å². The number of anilines is 1. The Kier molecular flexibility index (Phi) is 2.48. The molecule has 2 aromatic carbocycles.